The Morgan fingerprint density at radius 3 is 2.20 bits per heavy atom. The van der Waals surface area contributed by atoms with Crippen LogP contribution in [0.1, 0.15) is 11.1 Å². The monoisotopic (exact) mass is 372 g/mol. The highest BCUT2D eigenvalue weighted by Crippen LogP contribution is 2.25. The van der Waals surface area contributed by atoms with E-state index in [1.807, 2.05) is 36.4 Å². The number of benzene rings is 2. The van der Waals surface area contributed by atoms with Gasteiger partial charge in [-0.3, -0.25) is 9.29 Å². The van der Waals surface area contributed by atoms with Crippen LogP contribution in [0.3, 0.4) is 0 Å². The Hall–Kier alpha value is -2.37. The zero-order chi connectivity index (χ0) is 17.7. The van der Waals surface area contributed by atoms with Gasteiger partial charge >= 0.3 is 0 Å². The molecule has 1 heterocycles. The Morgan fingerprint density at radius 2 is 1.56 bits per heavy atom. The quantitative estimate of drug-likeness (QED) is 0.649. The average Bonchev–Trinajstić information content (AvgIpc) is 2.62. The van der Waals surface area contributed by atoms with Crippen molar-refractivity contribution < 1.29 is 8.42 Å². The molecule has 0 unspecified atom stereocenters. The van der Waals surface area contributed by atoms with Crippen molar-refractivity contribution in [3.8, 4) is 0 Å². The van der Waals surface area contributed by atoms with E-state index in [-0.39, 0.29) is 12.3 Å². The van der Waals surface area contributed by atoms with Crippen LogP contribution in [0, 0.1) is 0 Å². The molecule has 3 aromatic rings. The van der Waals surface area contributed by atoms with Crippen LogP contribution in [-0.4, -0.2) is 13.4 Å². The smallest absolute Gasteiger partial charge is 0.239 e. The first kappa shape index (κ1) is 17.5. The first-order chi connectivity index (χ1) is 12.0. The van der Waals surface area contributed by atoms with Crippen molar-refractivity contribution in [3.63, 3.8) is 0 Å². The molecule has 1 aromatic heterocycles. The van der Waals surface area contributed by atoms with Gasteiger partial charge in [0, 0.05) is 17.4 Å². The molecule has 0 N–H and O–H groups in total. The topological polar surface area (TPSA) is 50.3 Å². The Morgan fingerprint density at radius 1 is 0.880 bits per heavy atom. The molecule has 3 rings (SSSR count). The Bertz CT molecular complexity index is 915. The highest BCUT2D eigenvalue weighted by molar-refractivity contribution is 7.92. The summed E-state index contributed by atoms with van der Waals surface area (Å²) in [7, 11) is -3.58. The summed E-state index contributed by atoms with van der Waals surface area (Å²) < 4.78 is 27.5. The molecule has 0 fully saturated rings. The van der Waals surface area contributed by atoms with E-state index in [1.54, 1.807) is 42.7 Å². The first-order valence-corrected chi connectivity index (χ1v) is 9.72. The molecule has 0 amide bonds. The molecular formula is C19H17ClN2O2S. The molecule has 0 aliphatic heterocycles. The van der Waals surface area contributed by atoms with Crippen molar-refractivity contribution in [2.24, 2.45) is 0 Å². The third kappa shape index (κ3) is 4.59. The SMILES string of the molecule is O=S(=O)(Cc1ccccc1)N(Cc1cccnc1)c1ccc(Cl)cc1. The Kier molecular flexibility index (Phi) is 5.36. The minimum Gasteiger partial charge on any atom is -0.265 e. The lowest BCUT2D eigenvalue weighted by molar-refractivity contribution is 0.589. The fourth-order valence-corrected chi connectivity index (χ4v) is 4.16. The van der Waals surface area contributed by atoms with Crippen LogP contribution < -0.4 is 4.31 Å². The number of halogens is 1. The summed E-state index contributed by atoms with van der Waals surface area (Å²) in [6, 6.07) is 19.6. The minimum atomic E-state index is -3.58. The molecule has 0 atom stereocenters. The molecule has 0 aliphatic carbocycles. The number of sulfonamides is 1. The molecule has 0 spiro atoms. The second kappa shape index (κ2) is 7.68. The van der Waals surface area contributed by atoms with Crippen molar-refractivity contribution >= 4 is 27.3 Å². The Labute approximate surface area is 152 Å². The standard InChI is InChI=1S/C19H17ClN2O2S/c20-18-8-10-19(11-9-18)22(14-17-7-4-12-21-13-17)25(23,24)15-16-5-2-1-3-6-16/h1-13H,14-15H2. The largest absolute Gasteiger partial charge is 0.265 e. The van der Waals surface area contributed by atoms with Crippen LogP contribution in [0.2, 0.25) is 5.02 Å². The molecule has 2 aromatic carbocycles. The van der Waals surface area contributed by atoms with Crippen LogP contribution in [0.15, 0.2) is 79.1 Å². The average molecular weight is 373 g/mol. The summed E-state index contributed by atoms with van der Waals surface area (Å²) >= 11 is 5.94. The molecule has 0 aliphatic rings. The maximum Gasteiger partial charge on any atom is 0.239 e. The second-order valence-corrected chi connectivity index (χ2v) is 7.92. The summed E-state index contributed by atoms with van der Waals surface area (Å²) in [6.45, 7) is 0.213. The molecule has 0 radical (unpaired) electrons. The third-order valence-corrected chi connectivity index (χ3v) is 5.65. The van der Waals surface area contributed by atoms with Crippen LogP contribution in [0.4, 0.5) is 5.69 Å². The van der Waals surface area contributed by atoms with E-state index in [0.717, 1.165) is 11.1 Å². The lowest BCUT2D eigenvalue weighted by atomic mass is 10.2. The van der Waals surface area contributed by atoms with E-state index in [1.165, 1.54) is 4.31 Å². The summed E-state index contributed by atoms with van der Waals surface area (Å²) in [4.78, 5) is 4.07. The number of anilines is 1. The highest BCUT2D eigenvalue weighted by Gasteiger charge is 2.23. The van der Waals surface area contributed by atoms with E-state index < -0.39 is 10.0 Å². The summed E-state index contributed by atoms with van der Waals surface area (Å²) in [5.41, 5.74) is 2.13. The lowest BCUT2D eigenvalue weighted by Crippen LogP contribution is -2.31. The molecule has 6 heteroatoms. The van der Waals surface area contributed by atoms with Gasteiger partial charge in [0.2, 0.25) is 10.0 Å². The highest BCUT2D eigenvalue weighted by atomic mass is 35.5. The van der Waals surface area contributed by atoms with Crippen LogP contribution in [0.5, 0.6) is 0 Å². The van der Waals surface area contributed by atoms with Crippen molar-refractivity contribution in [1.82, 2.24) is 4.98 Å². The summed E-state index contributed by atoms with van der Waals surface area (Å²) in [5.74, 6) is -0.0727. The van der Waals surface area contributed by atoms with Gasteiger partial charge in [-0.15, -0.1) is 0 Å². The van der Waals surface area contributed by atoms with Gasteiger partial charge in [-0.05, 0) is 41.5 Å². The van der Waals surface area contributed by atoms with Crippen molar-refractivity contribution in [2.45, 2.75) is 12.3 Å². The summed E-state index contributed by atoms with van der Waals surface area (Å²) in [6.07, 6.45) is 3.33. The zero-order valence-electron chi connectivity index (χ0n) is 13.4. The van der Waals surface area contributed by atoms with Crippen LogP contribution >= 0.6 is 11.6 Å². The maximum absolute atomic E-state index is 13.1. The molecule has 0 saturated heterocycles. The summed E-state index contributed by atoms with van der Waals surface area (Å²) in [5, 5.41) is 0.561. The van der Waals surface area contributed by atoms with Gasteiger partial charge < -0.3 is 0 Å². The fourth-order valence-electron chi connectivity index (χ4n) is 2.48. The van der Waals surface area contributed by atoms with E-state index in [0.29, 0.717) is 10.7 Å². The predicted octanol–water partition coefficient (Wildman–Crippen LogP) is 4.27. The van der Waals surface area contributed by atoms with Gasteiger partial charge in [-0.2, -0.15) is 0 Å². The van der Waals surface area contributed by atoms with Gasteiger partial charge in [-0.25, -0.2) is 8.42 Å². The van der Waals surface area contributed by atoms with Crippen molar-refractivity contribution in [2.75, 3.05) is 4.31 Å². The maximum atomic E-state index is 13.1. The molecule has 0 saturated carbocycles. The van der Waals surface area contributed by atoms with Gasteiger partial charge in [0.05, 0.1) is 18.0 Å². The van der Waals surface area contributed by atoms with E-state index >= 15 is 0 Å². The van der Waals surface area contributed by atoms with Crippen molar-refractivity contribution in [3.05, 3.63) is 95.3 Å². The lowest BCUT2D eigenvalue weighted by Gasteiger charge is -2.24. The fraction of sp³-hybridized carbons (Fsp3) is 0.105. The molecule has 4 nitrogen and oxygen atoms in total. The predicted molar refractivity (Wildman–Crippen MR) is 101 cm³/mol. The van der Waals surface area contributed by atoms with Crippen LogP contribution in [0.25, 0.3) is 0 Å². The minimum absolute atomic E-state index is 0.0727. The number of nitrogens with zero attached hydrogens (tertiary/aromatic N) is 2. The zero-order valence-corrected chi connectivity index (χ0v) is 15.0. The van der Waals surface area contributed by atoms with E-state index in [4.69, 9.17) is 11.6 Å². The normalized spacial score (nSPS) is 11.2. The van der Waals surface area contributed by atoms with Gasteiger partial charge in [0.1, 0.15) is 0 Å². The molecule has 25 heavy (non-hydrogen) atoms. The number of rotatable bonds is 6. The van der Waals surface area contributed by atoms with Gasteiger partial charge in [0.15, 0.2) is 0 Å². The number of pyridine rings is 1. The molecule has 128 valence electrons. The third-order valence-electron chi connectivity index (χ3n) is 3.69. The second-order valence-electron chi connectivity index (χ2n) is 5.59. The first-order valence-electron chi connectivity index (χ1n) is 7.73. The van der Waals surface area contributed by atoms with Gasteiger partial charge in [-0.1, -0.05) is 48.0 Å². The number of hydrogen-bond donors (Lipinski definition) is 0. The molecular weight excluding hydrogens is 356 g/mol. The Balaban J connectivity index is 1.96. The number of aromatic nitrogens is 1. The molecule has 0 bridgehead atoms. The van der Waals surface area contributed by atoms with Gasteiger partial charge in [0.25, 0.3) is 0 Å². The number of hydrogen-bond acceptors (Lipinski definition) is 3. The van der Waals surface area contributed by atoms with Crippen molar-refractivity contribution in [1.29, 1.82) is 0 Å². The van der Waals surface area contributed by atoms with E-state index in [9.17, 15) is 8.42 Å². The van der Waals surface area contributed by atoms with Crippen LogP contribution in [-0.2, 0) is 22.3 Å². The van der Waals surface area contributed by atoms with E-state index in [2.05, 4.69) is 4.98 Å².